The second-order valence-corrected chi connectivity index (χ2v) is 6.70. The number of rotatable bonds is 3. The van der Waals surface area contributed by atoms with Crippen molar-refractivity contribution in [2.24, 2.45) is 0 Å². The zero-order chi connectivity index (χ0) is 18.3. The summed E-state index contributed by atoms with van der Waals surface area (Å²) in [5.41, 5.74) is 4.12. The third kappa shape index (κ3) is 2.90. The first-order chi connectivity index (χ1) is 12.6. The monoisotopic (exact) mass is 374 g/mol. The molecule has 0 saturated carbocycles. The average molecular weight is 375 g/mol. The summed E-state index contributed by atoms with van der Waals surface area (Å²) in [6.45, 7) is 3.09. The number of carbonyl (C=O) groups excluding carboxylic acids is 1. The Morgan fingerprint density at radius 2 is 1.96 bits per heavy atom. The van der Waals surface area contributed by atoms with Gasteiger partial charge in [0.1, 0.15) is 17.2 Å². The molecule has 2 heterocycles. The molecular weight excluding hydrogens is 356 g/mol. The third-order valence-corrected chi connectivity index (χ3v) is 5.03. The largest absolute Gasteiger partial charge is 0.495 e. The lowest BCUT2D eigenvalue weighted by Gasteiger charge is -2.16. The van der Waals surface area contributed by atoms with Crippen molar-refractivity contribution in [1.29, 1.82) is 0 Å². The fraction of sp³-hybridized carbons (Fsp3) is 0.316. The lowest BCUT2D eigenvalue weighted by atomic mass is 10.0. The molecule has 2 N–H and O–H groups in total. The second kappa shape index (κ2) is 6.61. The fourth-order valence-electron chi connectivity index (χ4n) is 3.31. The maximum Gasteiger partial charge on any atom is 0.323 e. The van der Waals surface area contributed by atoms with Crippen molar-refractivity contribution >= 4 is 29.0 Å². The summed E-state index contributed by atoms with van der Waals surface area (Å²) < 4.78 is 16.7. The second-order valence-electron chi connectivity index (χ2n) is 6.29. The fourth-order valence-corrected chi connectivity index (χ4v) is 3.47. The molecule has 136 valence electrons. The van der Waals surface area contributed by atoms with Crippen molar-refractivity contribution in [2.75, 3.05) is 31.0 Å². The molecule has 0 fully saturated rings. The van der Waals surface area contributed by atoms with Gasteiger partial charge in [-0.1, -0.05) is 11.6 Å². The van der Waals surface area contributed by atoms with Gasteiger partial charge in [-0.3, -0.25) is 0 Å². The van der Waals surface area contributed by atoms with Crippen LogP contribution in [0.3, 0.4) is 0 Å². The minimum atomic E-state index is -0.372. The molecule has 2 aliphatic heterocycles. The Morgan fingerprint density at radius 1 is 1.15 bits per heavy atom. The van der Waals surface area contributed by atoms with E-state index in [2.05, 4.69) is 10.6 Å². The average Bonchev–Trinajstić information content (AvgIpc) is 3.26. The molecule has 4 rings (SSSR count). The van der Waals surface area contributed by atoms with Gasteiger partial charge in [0.15, 0.2) is 0 Å². The SMILES string of the molecule is COc1cc(Cl)c(C)cc1NC(=O)Nc1c2c(cc3c1OCC3)OCC2. The number of nitrogens with one attached hydrogen (secondary N) is 2. The summed E-state index contributed by atoms with van der Waals surface area (Å²) >= 11 is 6.12. The smallest absolute Gasteiger partial charge is 0.323 e. The quantitative estimate of drug-likeness (QED) is 0.846. The zero-order valence-electron chi connectivity index (χ0n) is 14.6. The molecule has 2 aromatic rings. The number of ether oxygens (including phenoxy) is 3. The van der Waals surface area contributed by atoms with Gasteiger partial charge in [-0.25, -0.2) is 4.79 Å². The molecule has 0 aromatic heterocycles. The molecule has 0 atom stereocenters. The molecule has 0 unspecified atom stereocenters. The number of halogens is 1. The highest BCUT2D eigenvalue weighted by Gasteiger charge is 2.27. The van der Waals surface area contributed by atoms with E-state index in [0.29, 0.717) is 35.4 Å². The Bertz CT molecular complexity index is 866. The highest BCUT2D eigenvalue weighted by Crippen LogP contribution is 2.44. The van der Waals surface area contributed by atoms with Crippen molar-refractivity contribution in [3.8, 4) is 17.2 Å². The normalized spacial score (nSPS) is 14.1. The van der Waals surface area contributed by atoms with E-state index in [9.17, 15) is 4.79 Å². The minimum Gasteiger partial charge on any atom is -0.495 e. The van der Waals surface area contributed by atoms with Crippen LogP contribution in [0.25, 0.3) is 0 Å². The zero-order valence-corrected chi connectivity index (χ0v) is 15.3. The first kappa shape index (κ1) is 16.8. The number of benzene rings is 2. The minimum absolute atomic E-state index is 0.372. The molecule has 0 radical (unpaired) electrons. The Hall–Kier alpha value is -2.60. The topological polar surface area (TPSA) is 68.8 Å². The lowest BCUT2D eigenvalue weighted by Crippen LogP contribution is -2.21. The van der Waals surface area contributed by atoms with Gasteiger partial charge in [-0.2, -0.15) is 0 Å². The number of urea groups is 1. The number of aryl methyl sites for hydroxylation is 1. The number of amides is 2. The first-order valence-corrected chi connectivity index (χ1v) is 8.81. The van der Waals surface area contributed by atoms with Gasteiger partial charge in [0.25, 0.3) is 0 Å². The van der Waals surface area contributed by atoms with Crippen molar-refractivity contribution in [3.63, 3.8) is 0 Å². The molecule has 2 amide bonds. The Labute approximate surface area is 156 Å². The Morgan fingerprint density at radius 3 is 2.77 bits per heavy atom. The molecule has 0 spiro atoms. The number of hydrogen-bond acceptors (Lipinski definition) is 4. The number of hydrogen-bond donors (Lipinski definition) is 2. The summed E-state index contributed by atoms with van der Waals surface area (Å²) in [6, 6.07) is 5.10. The van der Waals surface area contributed by atoms with Gasteiger partial charge >= 0.3 is 6.03 Å². The van der Waals surface area contributed by atoms with Crippen LogP contribution in [0.1, 0.15) is 16.7 Å². The van der Waals surface area contributed by atoms with E-state index >= 15 is 0 Å². The molecule has 2 aliphatic rings. The van der Waals surface area contributed by atoms with E-state index in [1.165, 1.54) is 7.11 Å². The van der Waals surface area contributed by atoms with Crippen molar-refractivity contribution in [2.45, 2.75) is 19.8 Å². The molecular formula is C19H19ClN2O4. The van der Waals surface area contributed by atoms with Crippen LogP contribution >= 0.6 is 11.6 Å². The van der Waals surface area contributed by atoms with E-state index < -0.39 is 0 Å². The number of methoxy groups -OCH3 is 1. The highest BCUT2D eigenvalue weighted by atomic mass is 35.5. The highest BCUT2D eigenvalue weighted by molar-refractivity contribution is 6.31. The molecule has 7 heteroatoms. The maximum absolute atomic E-state index is 12.6. The number of carbonyl (C=O) groups is 1. The van der Waals surface area contributed by atoms with E-state index in [1.807, 2.05) is 13.0 Å². The van der Waals surface area contributed by atoms with Crippen LogP contribution in [0.15, 0.2) is 18.2 Å². The molecule has 0 bridgehead atoms. The van der Waals surface area contributed by atoms with Crippen LogP contribution in [0.2, 0.25) is 5.02 Å². The van der Waals surface area contributed by atoms with Crippen LogP contribution in [0.5, 0.6) is 17.2 Å². The van der Waals surface area contributed by atoms with E-state index in [0.717, 1.165) is 41.0 Å². The van der Waals surface area contributed by atoms with Crippen molar-refractivity contribution in [3.05, 3.63) is 39.9 Å². The van der Waals surface area contributed by atoms with Crippen molar-refractivity contribution in [1.82, 2.24) is 0 Å². The van der Waals surface area contributed by atoms with Gasteiger partial charge in [0, 0.05) is 35.1 Å². The van der Waals surface area contributed by atoms with Gasteiger partial charge in [0.2, 0.25) is 0 Å². The van der Waals surface area contributed by atoms with Gasteiger partial charge in [-0.05, 0) is 24.6 Å². The van der Waals surface area contributed by atoms with Crippen LogP contribution in [0.4, 0.5) is 16.2 Å². The molecule has 2 aromatic carbocycles. The molecule has 0 saturated heterocycles. The Kier molecular flexibility index (Phi) is 4.28. The number of anilines is 2. The predicted octanol–water partition coefficient (Wildman–Crippen LogP) is 4.17. The van der Waals surface area contributed by atoms with E-state index in [-0.39, 0.29) is 6.03 Å². The van der Waals surface area contributed by atoms with Crippen LogP contribution < -0.4 is 24.8 Å². The summed E-state index contributed by atoms with van der Waals surface area (Å²) in [5.74, 6) is 2.06. The third-order valence-electron chi connectivity index (χ3n) is 4.62. The predicted molar refractivity (Wildman–Crippen MR) is 100 cm³/mol. The summed E-state index contributed by atoms with van der Waals surface area (Å²) in [7, 11) is 1.53. The van der Waals surface area contributed by atoms with E-state index in [4.69, 9.17) is 25.8 Å². The van der Waals surface area contributed by atoms with Crippen LogP contribution in [-0.2, 0) is 12.8 Å². The summed E-state index contributed by atoms with van der Waals surface area (Å²) in [6.07, 6.45) is 1.55. The maximum atomic E-state index is 12.6. The van der Waals surface area contributed by atoms with Crippen LogP contribution in [-0.4, -0.2) is 26.4 Å². The van der Waals surface area contributed by atoms with Crippen molar-refractivity contribution < 1.29 is 19.0 Å². The Balaban J connectivity index is 1.62. The first-order valence-electron chi connectivity index (χ1n) is 8.43. The van der Waals surface area contributed by atoms with Gasteiger partial charge in [-0.15, -0.1) is 0 Å². The molecule has 0 aliphatic carbocycles. The van der Waals surface area contributed by atoms with Crippen LogP contribution in [0, 0.1) is 6.92 Å². The summed E-state index contributed by atoms with van der Waals surface area (Å²) in [4.78, 5) is 12.6. The molecule has 26 heavy (non-hydrogen) atoms. The summed E-state index contributed by atoms with van der Waals surface area (Å²) in [5, 5.41) is 6.34. The lowest BCUT2D eigenvalue weighted by molar-refractivity contribution is 0.262. The number of fused-ring (bicyclic) bond motifs is 2. The molecule has 6 nitrogen and oxygen atoms in total. The van der Waals surface area contributed by atoms with E-state index in [1.54, 1.807) is 12.1 Å². The van der Waals surface area contributed by atoms with Gasteiger partial charge in [0.05, 0.1) is 31.7 Å². The standard InChI is InChI=1S/C19H19ClN2O4/c1-10-7-14(16(24-2)9-13(10)20)21-19(23)22-17-12-4-6-25-15(12)8-11-3-5-26-18(11)17/h7-9H,3-6H2,1-2H3,(H2,21,22,23). The van der Waals surface area contributed by atoms with Gasteiger partial charge < -0.3 is 24.8 Å².